The van der Waals surface area contributed by atoms with Crippen LogP contribution in [0.3, 0.4) is 0 Å². The minimum absolute atomic E-state index is 0.0236. The van der Waals surface area contributed by atoms with E-state index in [1.54, 1.807) is 0 Å². The number of rotatable bonds is 9. The van der Waals surface area contributed by atoms with Gasteiger partial charge in [0.15, 0.2) is 6.10 Å². The molecule has 0 bridgehead atoms. The molecule has 4 heteroatoms. The van der Waals surface area contributed by atoms with Crippen molar-refractivity contribution in [1.29, 1.82) is 0 Å². The van der Waals surface area contributed by atoms with Gasteiger partial charge in [-0.05, 0) is 36.1 Å². The van der Waals surface area contributed by atoms with Crippen LogP contribution in [0.2, 0.25) is 0 Å². The summed E-state index contributed by atoms with van der Waals surface area (Å²) < 4.78 is 6.02. The SMILES string of the molecule is CCO[C@@H]1C(=O)N(C(c2ccccc2)c2ccccc2)[C@]1(C)C=NC(c1ccccc1)c1ccccc1. The molecule has 2 atom stereocenters. The Morgan fingerprint density at radius 2 is 1.16 bits per heavy atom. The number of benzene rings is 4. The monoisotopic (exact) mass is 488 g/mol. The van der Waals surface area contributed by atoms with Crippen molar-refractivity contribution in [3.05, 3.63) is 144 Å². The number of carbonyl (C=O) groups excluding carboxylic acids is 1. The molecular formula is C33H32N2O2. The number of amides is 1. The molecule has 37 heavy (non-hydrogen) atoms. The Balaban J connectivity index is 1.59. The maximum Gasteiger partial charge on any atom is 0.256 e. The highest BCUT2D eigenvalue weighted by Gasteiger charge is 2.60. The van der Waals surface area contributed by atoms with Gasteiger partial charge in [0.1, 0.15) is 5.54 Å². The summed E-state index contributed by atoms with van der Waals surface area (Å²) in [5.41, 5.74) is 3.58. The van der Waals surface area contributed by atoms with Gasteiger partial charge in [0.05, 0.1) is 12.1 Å². The first kappa shape index (κ1) is 24.7. The van der Waals surface area contributed by atoms with E-state index in [0.29, 0.717) is 6.61 Å². The van der Waals surface area contributed by atoms with Gasteiger partial charge in [0, 0.05) is 12.8 Å². The summed E-state index contributed by atoms with van der Waals surface area (Å²) in [6.07, 6.45) is 1.35. The van der Waals surface area contributed by atoms with Gasteiger partial charge in [-0.2, -0.15) is 0 Å². The Labute approximate surface area is 219 Å². The zero-order valence-electron chi connectivity index (χ0n) is 21.3. The van der Waals surface area contributed by atoms with Gasteiger partial charge in [-0.3, -0.25) is 9.79 Å². The molecule has 5 rings (SSSR count). The molecule has 0 saturated carbocycles. The topological polar surface area (TPSA) is 41.9 Å². The van der Waals surface area contributed by atoms with E-state index in [-0.39, 0.29) is 18.0 Å². The highest BCUT2D eigenvalue weighted by molar-refractivity contribution is 6.00. The van der Waals surface area contributed by atoms with E-state index >= 15 is 0 Å². The van der Waals surface area contributed by atoms with Crippen LogP contribution in [0.15, 0.2) is 126 Å². The smallest absolute Gasteiger partial charge is 0.256 e. The number of ether oxygens (including phenoxy) is 1. The van der Waals surface area contributed by atoms with E-state index in [0.717, 1.165) is 22.3 Å². The normalized spacial score (nSPS) is 19.5. The first-order valence-electron chi connectivity index (χ1n) is 12.8. The van der Waals surface area contributed by atoms with Crippen LogP contribution in [0.5, 0.6) is 0 Å². The Morgan fingerprint density at radius 1 is 0.757 bits per heavy atom. The fourth-order valence-corrected chi connectivity index (χ4v) is 5.24. The summed E-state index contributed by atoms with van der Waals surface area (Å²) >= 11 is 0. The van der Waals surface area contributed by atoms with E-state index in [2.05, 4.69) is 55.5 Å². The minimum Gasteiger partial charge on any atom is -0.366 e. The molecular weight excluding hydrogens is 456 g/mol. The number of aliphatic imine (C=N–C) groups is 1. The van der Waals surface area contributed by atoms with E-state index < -0.39 is 11.6 Å². The molecule has 1 heterocycles. The van der Waals surface area contributed by atoms with Gasteiger partial charge >= 0.3 is 0 Å². The van der Waals surface area contributed by atoms with Crippen LogP contribution in [0.4, 0.5) is 0 Å². The van der Waals surface area contributed by atoms with Crippen LogP contribution in [0.1, 0.15) is 48.2 Å². The number of hydrogen-bond donors (Lipinski definition) is 0. The molecule has 1 amide bonds. The number of β-lactam (4-membered cyclic amide) rings is 1. The van der Waals surface area contributed by atoms with Gasteiger partial charge in [-0.25, -0.2) is 0 Å². The van der Waals surface area contributed by atoms with E-state index in [1.807, 2.05) is 90.8 Å². The number of likely N-dealkylation sites (tertiary alicyclic amines) is 1. The molecule has 1 saturated heterocycles. The molecule has 1 aliphatic rings. The number of nitrogens with zero attached hydrogens (tertiary/aromatic N) is 2. The van der Waals surface area contributed by atoms with Crippen LogP contribution in [-0.2, 0) is 9.53 Å². The predicted molar refractivity (Wildman–Crippen MR) is 149 cm³/mol. The van der Waals surface area contributed by atoms with Gasteiger partial charge in [-0.1, -0.05) is 121 Å². The average Bonchev–Trinajstić information content (AvgIpc) is 2.96. The third-order valence-electron chi connectivity index (χ3n) is 7.05. The van der Waals surface area contributed by atoms with E-state index in [9.17, 15) is 4.79 Å². The maximum absolute atomic E-state index is 13.7. The molecule has 0 aliphatic carbocycles. The van der Waals surface area contributed by atoms with Crippen molar-refractivity contribution >= 4 is 12.1 Å². The van der Waals surface area contributed by atoms with Gasteiger partial charge < -0.3 is 9.64 Å². The van der Waals surface area contributed by atoms with Crippen molar-refractivity contribution in [2.45, 2.75) is 37.6 Å². The Hall–Kier alpha value is -4.02. The Kier molecular flexibility index (Phi) is 7.29. The molecule has 4 aromatic carbocycles. The molecule has 0 spiro atoms. The van der Waals surface area contributed by atoms with Crippen LogP contribution in [0, 0.1) is 0 Å². The van der Waals surface area contributed by atoms with Gasteiger partial charge in [0.25, 0.3) is 5.91 Å². The third kappa shape index (κ3) is 4.85. The second-order valence-electron chi connectivity index (χ2n) is 9.50. The van der Waals surface area contributed by atoms with Crippen molar-refractivity contribution in [2.75, 3.05) is 6.61 Å². The van der Waals surface area contributed by atoms with E-state index in [1.165, 1.54) is 0 Å². The molecule has 0 unspecified atom stereocenters. The van der Waals surface area contributed by atoms with Crippen molar-refractivity contribution in [3.63, 3.8) is 0 Å². The molecule has 1 aliphatic heterocycles. The standard InChI is InChI=1S/C33H32N2O2/c1-3-37-31-32(36)35(30(27-20-12-6-13-21-27)28-22-14-7-15-23-28)33(31,2)24-34-29(25-16-8-4-9-17-25)26-18-10-5-11-19-26/h4-24,29-31H,3H2,1-2H3/t31-,33-/m1/s1. The first-order chi connectivity index (χ1) is 18.1. The largest absolute Gasteiger partial charge is 0.366 e. The van der Waals surface area contributed by atoms with Crippen molar-refractivity contribution in [2.24, 2.45) is 4.99 Å². The lowest BCUT2D eigenvalue weighted by Gasteiger charge is -2.56. The maximum atomic E-state index is 13.7. The third-order valence-corrected chi connectivity index (χ3v) is 7.05. The second kappa shape index (κ2) is 10.9. The fourth-order valence-electron chi connectivity index (χ4n) is 5.24. The van der Waals surface area contributed by atoms with Crippen LogP contribution in [-0.4, -0.2) is 35.3 Å². The van der Waals surface area contributed by atoms with Crippen molar-refractivity contribution in [1.82, 2.24) is 4.90 Å². The first-order valence-corrected chi connectivity index (χ1v) is 12.8. The van der Waals surface area contributed by atoms with Crippen molar-refractivity contribution < 1.29 is 9.53 Å². The van der Waals surface area contributed by atoms with Gasteiger partial charge in [0.2, 0.25) is 0 Å². The predicted octanol–water partition coefficient (Wildman–Crippen LogP) is 6.64. The zero-order chi connectivity index (χ0) is 25.7. The summed E-state index contributed by atoms with van der Waals surface area (Å²) in [5.74, 6) is -0.0236. The summed E-state index contributed by atoms with van der Waals surface area (Å²) in [6, 6.07) is 40.5. The van der Waals surface area contributed by atoms with Crippen LogP contribution < -0.4 is 0 Å². The lowest BCUT2D eigenvalue weighted by molar-refractivity contribution is -0.184. The Morgan fingerprint density at radius 3 is 1.57 bits per heavy atom. The molecule has 0 radical (unpaired) electrons. The summed E-state index contributed by atoms with van der Waals surface area (Å²) in [4.78, 5) is 20.8. The molecule has 4 aromatic rings. The van der Waals surface area contributed by atoms with Crippen molar-refractivity contribution in [3.8, 4) is 0 Å². The molecule has 1 fully saturated rings. The second-order valence-corrected chi connectivity index (χ2v) is 9.50. The summed E-state index contributed by atoms with van der Waals surface area (Å²) in [7, 11) is 0. The minimum atomic E-state index is -0.731. The summed E-state index contributed by atoms with van der Waals surface area (Å²) in [6.45, 7) is 4.44. The molecule has 4 nitrogen and oxygen atoms in total. The quantitative estimate of drug-likeness (QED) is 0.196. The van der Waals surface area contributed by atoms with Crippen LogP contribution in [0.25, 0.3) is 0 Å². The summed E-state index contributed by atoms with van der Waals surface area (Å²) in [5, 5.41) is 0. The molecule has 0 aromatic heterocycles. The fraction of sp³-hybridized carbons (Fsp3) is 0.212. The Bertz CT molecular complexity index is 1250. The van der Waals surface area contributed by atoms with E-state index in [4.69, 9.17) is 9.73 Å². The molecule has 186 valence electrons. The molecule has 0 N–H and O–H groups in total. The van der Waals surface area contributed by atoms with Crippen LogP contribution >= 0.6 is 0 Å². The highest BCUT2D eigenvalue weighted by Crippen LogP contribution is 2.44. The number of carbonyl (C=O) groups is 1. The lowest BCUT2D eigenvalue weighted by Crippen LogP contribution is -2.75. The van der Waals surface area contributed by atoms with Gasteiger partial charge in [-0.15, -0.1) is 0 Å². The highest BCUT2D eigenvalue weighted by atomic mass is 16.5. The lowest BCUT2D eigenvalue weighted by atomic mass is 9.78. The zero-order valence-corrected chi connectivity index (χ0v) is 21.3. The number of hydrogen-bond acceptors (Lipinski definition) is 3. The average molecular weight is 489 g/mol.